The van der Waals surface area contributed by atoms with Crippen molar-refractivity contribution in [2.75, 3.05) is 14.2 Å². The van der Waals surface area contributed by atoms with Crippen LogP contribution in [0.5, 0.6) is 5.75 Å². The van der Waals surface area contributed by atoms with Crippen LogP contribution in [0.4, 0.5) is 8.78 Å². The summed E-state index contributed by atoms with van der Waals surface area (Å²) in [7, 11) is 2.95. The number of nitrogens with two attached hydrogens (primary N) is 1. The van der Waals surface area contributed by atoms with E-state index in [0.29, 0.717) is 22.6 Å². The number of carbonyl (C=O) groups is 1. The highest BCUT2D eigenvalue weighted by Crippen LogP contribution is 2.42. The molecule has 1 aromatic carbocycles. The molecule has 31 heavy (non-hydrogen) atoms. The van der Waals surface area contributed by atoms with Crippen LogP contribution in [0.25, 0.3) is 11.3 Å². The number of amides is 1. The fourth-order valence-corrected chi connectivity index (χ4v) is 3.51. The first-order valence-electron chi connectivity index (χ1n) is 9.22. The molecule has 2 N–H and O–H groups in total. The van der Waals surface area contributed by atoms with Crippen LogP contribution in [0.15, 0.2) is 59.9 Å². The molecule has 0 radical (unpaired) electrons. The molecule has 1 atom stereocenters. The van der Waals surface area contributed by atoms with Gasteiger partial charge < -0.3 is 10.5 Å². The molecule has 0 saturated heterocycles. The second-order valence-electron chi connectivity index (χ2n) is 6.87. The first kappa shape index (κ1) is 20.3. The standard InChI is InChI=1S/C21H18F2N6O2/c1-29-19(30)21(27-20(29)24,13-5-7-25-17(11-13)18(22)23)14-8-12(9-15(10-14)31-2)16-4-3-6-26-28-16/h3-11,18H,1-2H3,(H2,24,27). The minimum Gasteiger partial charge on any atom is -0.497 e. The van der Waals surface area contributed by atoms with E-state index in [1.165, 1.54) is 43.6 Å². The van der Waals surface area contributed by atoms with Crippen molar-refractivity contribution in [1.82, 2.24) is 20.1 Å². The molecule has 1 aliphatic rings. The predicted octanol–water partition coefficient (Wildman–Crippen LogP) is 2.52. The number of hydrogen-bond acceptors (Lipinski definition) is 7. The van der Waals surface area contributed by atoms with Crippen LogP contribution in [-0.2, 0) is 10.3 Å². The third kappa shape index (κ3) is 3.35. The van der Waals surface area contributed by atoms with Crippen molar-refractivity contribution in [3.63, 3.8) is 0 Å². The van der Waals surface area contributed by atoms with E-state index in [2.05, 4.69) is 20.2 Å². The lowest BCUT2D eigenvalue weighted by atomic mass is 9.82. The van der Waals surface area contributed by atoms with Gasteiger partial charge in [-0.05, 0) is 53.6 Å². The molecule has 10 heteroatoms. The van der Waals surface area contributed by atoms with Crippen LogP contribution < -0.4 is 10.5 Å². The summed E-state index contributed by atoms with van der Waals surface area (Å²) in [5, 5.41) is 7.99. The number of halogens is 2. The summed E-state index contributed by atoms with van der Waals surface area (Å²) in [6, 6.07) is 11.2. The first-order valence-corrected chi connectivity index (χ1v) is 9.22. The van der Waals surface area contributed by atoms with Crippen molar-refractivity contribution in [3.8, 4) is 17.0 Å². The zero-order chi connectivity index (χ0) is 22.2. The summed E-state index contributed by atoms with van der Waals surface area (Å²) in [6.07, 6.45) is -0.0531. The Labute approximate surface area is 176 Å². The lowest BCUT2D eigenvalue weighted by molar-refractivity contribution is -0.129. The Bertz CT molecular complexity index is 1170. The summed E-state index contributed by atoms with van der Waals surface area (Å²) in [5.74, 6) is -0.101. The topological polar surface area (TPSA) is 107 Å². The van der Waals surface area contributed by atoms with Crippen molar-refractivity contribution in [1.29, 1.82) is 0 Å². The number of guanidine groups is 1. The molecule has 8 nitrogen and oxygen atoms in total. The van der Waals surface area contributed by atoms with Gasteiger partial charge in [-0.3, -0.25) is 14.7 Å². The maximum atomic E-state index is 13.4. The Morgan fingerprint density at radius 3 is 2.55 bits per heavy atom. The smallest absolute Gasteiger partial charge is 0.280 e. The number of benzene rings is 1. The Kier molecular flexibility index (Phi) is 5.05. The quantitative estimate of drug-likeness (QED) is 0.675. The third-order valence-corrected chi connectivity index (χ3v) is 5.09. The van der Waals surface area contributed by atoms with Gasteiger partial charge >= 0.3 is 0 Å². The van der Waals surface area contributed by atoms with E-state index in [1.807, 2.05) is 0 Å². The number of aliphatic imine (C=N–C) groups is 1. The lowest BCUT2D eigenvalue weighted by Crippen LogP contribution is -2.41. The van der Waals surface area contributed by atoms with Crippen LogP contribution in [0.2, 0.25) is 0 Å². The largest absolute Gasteiger partial charge is 0.497 e. The van der Waals surface area contributed by atoms with Gasteiger partial charge in [-0.15, -0.1) is 0 Å². The molecule has 3 heterocycles. The van der Waals surface area contributed by atoms with Gasteiger partial charge in [0.2, 0.25) is 0 Å². The monoisotopic (exact) mass is 424 g/mol. The van der Waals surface area contributed by atoms with Crippen LogP contribution in [0, 0.1) is 0 Å². The van der Waals surface area contributed by atoms with Crippen molar-refractivity contribution >= 4 is 11.9 Å². The zero-order valence-electron chi connectivity index (χ0n) is 16.7. The minimum absolute atomic E-state index is 0.0377. The molecule has 158 valence electrons. The van der Waals surface area contributed by atoms with Crippen LogP contribution in [0.1, 0.15) is 23.2 Å². The minimum atomic E-state index is -2.81. The number of ether oxygens (including phenoxy) is 1. The molecule has 3 aromatic rings. The number of methoxy groups -OCH3 is 1. The molecule has 1 aliphatic heterocycles. The van der Waals surface area contributed by atoms with Crippen molar-refractivity contribution < 1.29 is 18.3 Å². The van der Waals surface area contributed by atoms with Gasteiger partial charge in [0.1, 0.15) is 11.4 Å². The van der Waals surface area contributed by atoms with Gasteiger partial charge in [0.05, 0.1) is 12.8 Å². The van der Waals surface area contributed by atoms with E-state index in [1.54, 1.807) is 30.3 Å². The average Bonchev–Trinajstić information content (AvgIpc) is 3.04. The number of likely N-dealkylation sites (N-methyl/N-ethyl adjacent to an activating group) is 1. The fourth-order valence-electron chi connectivity index (χ4n) is 3.51. The summed E-state index contributed by atoms with van der Waals surface area (Å²) in [6.45, 7) is 0. The maximum absolute atomic E-state index is 13.4. The number of alkyl halides is 2. The van der Waals surface area contributed by atoms with Gasteiger partial charge in [-0.1, -0.05) is 0 Å². The highest BCUT2D eigenvalue weighted by molar-refractivity contribution is 6.09. The highest BCUT2D eigenvalue weighted by atomic mass is 19.3. The summed E-state index contributed by atoms with van der Waals surface area (Å²) in [5.41, 5.74) is 5.58. The number of nitrogens with zero attached hydrogens (tertiary/aromatic N) is 5. The molecular formula is C21H18F2N6O2. The summed E-state index contributed by atoms with van der Waals surface area (Å²) < 4.78 is 32.1. The van der Waals surface area contributed by atoms with Crippen molar-refractivity contribution in [3.05, 3.63) is 71.7 Å². The van der Waals surface area contributed by atoms with Gasteiger partial charge in [-0.25, -0.2) is 13.8 Å². The fraction of sp³-hybridized carbons (Fsp3) is 0.190. The molecule has 0 saturated carbocycles. The van der Waals surface area contributed by atoms with Crippen molar-refractivity contribution in [2.24, 2.45) is 10.7 Å². The van der Waals surface area contributed by atoms with E-state index in [0.717, 1.165) is 0 Å². The first-order chi connectivity index (χ1) is 14.9. The third-order valence-electron chi connectivity index (χ3n) is 5.09. The molecule has 4 rings (SSSR count). The second kappa shape index (κ2) is 7.71. The number of carbonyl (C=O) groups excluding carboxylic acids is 1. The van der Waals surface area contributed by atoms with E-state index in [-0.39, 0.29) is 11.5 Å². The molecule has 0 aliphatic carbocycles. The molecule has 0 bridgehead atoms. The Hall–Kier alpha value is -3.95. The van der Waals surface area contributed by atoms with Gasteiger partial charge in [0.25, 0.3) is 12.3 Å². The van der Waals surface area contributed by atoms with Crippen LogP contribution in [-0.4, -0.2) is 46.1 Å². The van der Waals surface area contributed by atoms with E-state index < -0.39 is 23.6 Å². The highest BCUT2D eigenvalue weighted by Gasteiger charge is 2.50. The molecular weight excluding hydrogens is 406 g/mol. The molecule has 0 spiro atoms. The Morgan fingerprint density at radius 2 is 1.94 bits per heavy atom. The summed E-state index contributed by atoms with van der Waals surface area (Å²) in [4.78, 5) is 22.7. The second-order valence-corrected chi connectivity index (χ2v) is 6.87. The van der Waals surface area contributed by atoms with E-state index in [4.69, 9.17) is 10.5 Å². The molecule has 2 aromatic heterocycles. The van der Waals surface area contributed by atoms with Gasteiger partial charge in [0.15, 0.2) is 11.5 Å². The zero-order valence-corrected chi connectivity index (χ0v) is 16.7. The summed E-state index contributed by atoms with van der Waals surface area (Å²) >= 11 is 0. The Balaban J connectivity index is 2.00. The number of pyridine rings is 1. The van der Waals surface area contributed by atoms with Crippen LogP contribution >= 0.6 is 0 Å². The van der Waals surface area contributed by atoms with E-state index in [9.17, 15) is 13.6 Å². The average molecular weight is 424 g/mol. The van der Waals surface area contributed by atoms with Crippen LogP contribution in [0.3, 0.4) is 0 Å². The van der Waals surface area contributed by atoms with Gasteiger partial charge in [-0.2, -0.15) is 10.2 Å². The number of hydrogen-bond donors (Lipinski definition) is 1. The normalized spacial score (nSPS) is 18.4. The maximum Gasteiger partial charge on any atom is 0.280 e. The van der Waals surface area contributed by atoms with Crippen molar-refractivity contribution in [2.45, 2.75) is 12.0 Å². The van der Waals surface area contributed by atoms with Gasteiger partial charge in [0, 0.05) is 25.0 Å². The predicted molar refractivity (Wildman–Crippen MR) is 108 cm³/mol. The lowest BCUT2D eigenvalue weighted by Gasteiger charge is -2.27. The molecule has 1 unspecified atom stereocenters. The molecule has 0 fully saturated rings. The number of rotatable bonds is 5. The Morgan fingerprint density at radius 1 is 1.13 bits per heavy atom. The molecule has 1 amide bonds. The number of aromatic nitrogens is 3. The SMILES string of the molecule is COc1cc(-c2cccnn2)cc(C2(c3ccnc(C(F)F)c3)N=C(N)N(C)C2=O)c1. The van der Waals surface area contributed by atoms with E-state index >= 15 is 0 Å².